The number of anilines is 4. The van der Waals surface area contributed by atoms with Crippen LogP contribution in [0.15, 0.2) is 59.7 Å². The monoisotopic (exact) mass is 929 g/mol. The highest BCUT2D eigenvalue weighted by Gasteiger charge is 2.28. The van der Waals surface area contributed by atoms with Gasteiger partial charge in [0.05, 0.1) is 29.2 Å². The number of ether oxygens (including phenoxy) is 1. The summed E-state index contributed by atoms with van der Waals surface area (Å²) in [6.45, 7) is 5.84. The van der Waals surface area contributed by atoms with Gasteiger partial charge in [-0.25, -0.2) is 20.6 Å². The van der Waals surface area contributed by atoms with Gasteiger partial charge in [0.2, 0.25) is 23.7 Å². The summed E-state index contributed by atoms with van der Waals surface area (Å²) < 4.78 is 4.91. The number of nitrogens with two attached hydrogens (primary N) is 2. The van der Waals surface area contributed by atoms with Crippen LogP contribution in [0.2, 0.25) is 0 Å². The number of carbonyl (C=O) groups is 8. The van der Waals surface area contributed by atoms with Gasteiger partial charge in [0.15, 0.2) is 5.82 Å². The summed E-state index contributed by atoms with van der Waals surface area (Å²) in [5, 5.41) is 18.6. The number of benzene rings is 1. The molecular formula is C43H55N13O9S. The van der Waals surface area contributed by atoms with Crippen molar-refractivity contribution in [3.63, 3.8) is 0 Å². The van der Waals surface area contributed by atoms with Gasteiger partial charge in [-0.2, -0.15) is 4.98 Å². The van der Waals surface area contributed by atoms with Gasteiger partial charge in [-0.05, 0) is 74.9 Å². The first-order chi connectivity index (χ1) is 31.5. The molecule has 2 aliphatic rings. The highest BCUT2D eigenvalue weighted by atomic mass is 32.1. The molecule has 1 aromatic carbocycles. The number of methoxy groups -OCH3 is 1. The number of esters is 1. The van der Waals surface area contributed by atoms with Gasteiger partial charge in [0.1, 0.15) is 23.8 Å². The third-order valence-electron chi connectivity index (χ3n) is 10.5. The zero-order valence-corrected chi connectivity index (χ0v) is 37.8. The lowest BCUT2D eigenvalue weighted by molar-refractivity contribution is -0.143. The van der Waals surface area contributed by atoms with E-state index in [1.807, 2.05) is 0 Å². The lowest BCUT2D eigenvalue weighted by Gasteiger charge is -2.30. The molecule has 2 aliphatic heterocycles. The van der Waals surface area contributed by atoms with E-state index in [0.29, 0.717) is 64.9 Å². The average Bonchev–Trinajstić information content (AvgIpc) is 3.90. The molecule has 7 amide bonds. The normalized spacial score (nSPS) is 15.4. The van der Waals surface area contributed by atoms with E-state index >= 15 is 0 Å². The van der Waals surface area contributed by atoms with E-state index in [9.17, 15) is 38.4 Å². The van der Waals surface area contributed by atoms with Gasteiger partial charge in [-0.1, -0.05) is 20.3 Å². The maximum atomic E-state index is 13.1. The second-order valence-corrected chi connectivity index (χ2v) is 16.8. The molecule has 0 spiro atoms. The summed E-state index contributed by atoms with van der Waals surface area (Å²) in [4.78, 5) is 115. The topological polar surface area (TPSA) is 315 Å². The zero-order chi connectivity index (χ0) is 47.9. The fourth-order valence-corrected chi connectivity index (χ4v) is 7.52. The van der Waals surface area contributed by atoms with Crippen LogP contribution in [0.1, 0.15) is 79.3 Å². The number of nitrogen functional groups attached to an aromatic ring is 1. The Morgan fingerprint density at radius 2 is 1.61 bits per heavy atom. The van der Waals surface area contributed by atoms with Crippen molar-refractivity contribution >= 4 is 93.0 Å². The molecule has 1 unspecified atom stereocenters. The van der Waals surface area contributed by atoms with Gasteiger partial charge < -0.3 is 42.4 Å². The molecule has 3 aromatic rings. The standard InChI is InChI=1S/C43H55N13O9S/c1-24(2)36(52-32(57)10-6-5-7-20-55-34(58)17-18-35(55)59)41(63)50-25(3)38(60)53-33-16-15-31(66-33)40(62)46-19-8-9-29(42(64)65-4)51-39(61)26-11-13-27(14-12-26)47-21-28-22-48-37-30(56(28)45)23-49-43(44)54-37/h11-18,22-25,28-29,36,47H,5-10,19-21,45H2,1-4H3,(H,46,62)(H,50,63)(H,51,61)(H,52,57)(H,53,60)(H2,44,49,54)/t25-,28?,29-,36-/m1/s1. The number of carbonyl (C=O) groups excluding carboxylic acids is 8. The van der Waals surface area contributed by atoms with E-state index < -0.39 is 47.7 Å². The number of nitrogens with one attached hydrogen (secondary N) is 6. The Bertz CT molecular complexity index is 2320. The number of hydrogen-bond acceptors (Lipinski definition) is 17. The molecule has 0 radical (unpaired) electrons. The van der Waals surface area contributed by atoms with Crippen LogP contribution in [0.4, 0.5) is 28.1 Å². The maximum Gasteiger partial charge on any atom is 0.328 e. The first kappa shape index (κ1) is 49.7. The van der Waals surface area contributed by atoms with Crippen LogP contribution in [0.5, 0.6) is 0 Å². The lowest BCUT2D eigenvalue weighted by atomic mass is 10.0. The number of unbranched alkanes of at least 4 members (excludes halogenated alkanes) is 2. The van der Waals surface area contributed by atoms with Gasteiger partial charge in [-0.15, -0.1) is 11.3 Å². The summed E-state index contributed by atoms with van der Waals surface area (Å²) in [7, 11) is 1.22. The molecule has 5 rings (SSSR count). The Labute approximate surface area is 384 Å². The third-order valence-corrected chi connectivity index (χ3v) is 11.5. The second-order valence-electron chi connectivity index (χ2n) is 15.7. The van der Waals surface area contributed by atoms with Crippen molar-refractivity contribution in [1.29, 1.82) is 0 Å². The van der Waals surface area contributed by atoms with Crippen LogP contribution in [0.25, 0.3) is 0 Å². The highest BCUT2D eigenvalue weighted by molar-refractivity contribution is 7.18. The number of aromatic nitrogens is 2. The predicted molar refractivity (Wildman–Crippen MR) is 246 cm³/mol. The largest absolute Gasteiger partial charge is 0.467 e. The summed E-state index contributed by atoms with van der Waals surface area (Å²) in [5.41, 5.74) is 7.18. The molecule has 0 bridgehead atoms. The third kappa shape index (κ3) is 13.9. The Morgan fingerprint density at radius 1 is 0.879 bits per heavy atom. The number of rotatable bonds is 23. The van der Waals surface area contributed by atoms with Crippen molar-refractivity contribution in [2.45, 2.75) is 83.5 Å². The first-order valence-corrected chi connectivity index (χ1v) is 22.1. The molecule has 2 aromatic heterocycles. The number of nitrogens with zero attached hydrogens (tertiary/aromatic N) is 5. The van der Waals surface area contributed by atoms with Crippen molar-refractivity contribution in [2.24, 2.45) is 16.8 Å². The van der Waals surface area contributed by atoms with Gasteiger partial charge in [0.25, 0.3) is 23.6 Å². The van der Waals surface area contributed by atoms with Crippen molar-refractivity contribution in [2.75, 3.05) is 48.1 Å². The molecule has 10 N–H and O–H groups in total. The lowest BCUT2D eigenvalue weighted by Crippen LogP contribution is -2.53. The van der Waals surface area contributed by atoms with Crippen molar-refractivity contribution in [1.82, 2.24) is 36.1 Å². The Morgan fingerprint density at radius 3 is 2.30 bits per heavy atom. The van der Waals surface area contributed by atoms with Gasteiger partial charge in [0, 0.05) is 55.7 Å². The molecule has 0 saturated heterocycles. The molecule has 22 nitrogen and oxygen atoms in total. The highest BCUT2D eigenvalue weighted by Crippen LogP contribution is 2.29. The minimum Gasteiger partial charge on any atom is -0.467 e. The summed E-state index contributed by atoms with van der Waals surface area (Å²) in [6.07, 6.45) is 7.86. The van der Waals surface area contributed by atoms with Crippen LogP contribution < -0.4 is 48.5 Å². The van der Waals surface area contributed by atoms with E-state index in [1.54, 1.807) is 50.4 Å². The fraction of sp³-hybridized carbons (Fsp3) is 0.419. The maximum absolute atomic E-state index is 13.1. The number of aliphatic imine (C=N–C) groups is 1. The van der Waals surface area contributed by atoms with Crippen molar-refractivity contribution in [3.8, 4) is 0 Å². The smallest absolute Gasteiger partial charge is 0.328 e. The average molecular weight is 930 g/mol. The minimum absolute atomic E-state index is 0.0923. The Hall–Kier alpha value is -7.27. The van der Waals surface area contributed by atoms with Crippen LogP contribution in [0.3, 0.4) is 0 Å². The molecule has 4 atom stereocenters. The molecule has 4 heterocycles. The molecule has 0 fully saturated rings. The summed E-state index contributed by atoms with van der Waals surface area (Å²) in [6, 6.07) is 6.53. The van der Waals surface area contributed by atoms with Crippen LogP contribution in [-0.4, -0.2) is 119 Å². The van der Waals surface area contributed by atoms with E-state index in [1.165, 1.54) is 43.5 Å². The second kappa shape index (κ2) is 23.6. The van der Waals surface area contributed by atoms with Crippen molar-refractivity contribution in [3.05, 3.63) is 65.2 Å². The minimum atomic E-state index is -0.985. The van der Waals surface area contributed by atoms with E-state index in [-0.39, 0.29) is 61.6 Å². The SMILES string of the molecule is COC(=O)[C@@H](CCCNC(=O)c1ccc(NC(=O)[C@@H](C)NC(=O)[C@H](NC(=O)CCCCCN2C(=O)C=CC2=O)C(C)C)s1)NC(=O)c1ccc(NCC2C=Nc3nc(N)ncc3N2N)cc1. The van der Waals surface area contributed by atoms with Crippen molar-refractivity contribution < 1.29 is 43.1 Å². The van der Waals surface area contributed by atoms with Crippen LogP contribution in [0, 0.1) is 5.92 Å². The Balaban J connectivity index is 0.997. The molecule has 23 heteroatoms. The number of hydrogen-bond donors (Lipinski definition) is 8. The van der Waals surface area contributed by atoms with Crippen LogP contribution >= 0.6 is 11.3 Å². The number of hydrazine groups is 1. The Kier molecular flexibility index (Phi) is 17.8. The molecule has 0 saturated carbocycles. The number of fused-ring (bicyclic) bond motifs is 1. The fourth-order valence-electron chi connectivity index (χ4n) is 6.69. The molecule has 66 heavy (non-hydrogen) atoms. The van der Waals surface area contributed by atoms with Gasteiger partial charge >= 0.3 is 5.97 Å². The summed E-state index contributed by atoms with van der Waals surface area (Å²) in [5.74, 6) is 2.75. The first-order valence-electron chi connectivity index (χ1n) is 21.3. The quantitative estimate of drug-likeness (QED) is 0.0290. The zero-order valence-electron chi connectivity index (χ0n) is 37.0. The van der Waals surface area contributed by atoms with E-state index in [2.05, 4.69) is 46.9 Å². The molecular weight excluding hydrogens is 875 g/mol. The summed E-state index contributed by atoms with van der Waals surface area (Å²) >= 11 is 1.02. The predicted octanol–water partition coefficient (Wildman–Crippen LogP) is 1.55. The number of thiophene rings is 1. The van der Waals surface area contributed by atoms with Gasteiger partial charge in [-0.3, -0.25) is 43.5 Å². The van der Waals surface area contributed by atoms with E-state index in [0.717, 1.165) is 16.2 Å². The molecule has 0 aliphatic carbocycles. The number of amides is 7. The van der Waals surface area contributed by atoms with E-state index in [4.69, 9.17) is 16.3 Å². The number of imide groups is 1. The molecule has 352 valence electrons. The van der Waals surface area contributed by atoms with Crippen LogP contribution in [-0.2, 0) is 33.5 Å².